The number of nitrogens with zero attached hydrogens (tertiary/aromatic N) is 3. The van der Waals surface area contributed by atoms with Gasteiger partial charge < -0.3 is 50.4 Å². The monoisotopic (exact) mass is 972 g/mol. The number of likely N-dealkylation sites (tertiary alicyclic amines) is 1. The van der Waals surface area contributed by atoms with E-state index in [1.165, 1.54) is 4.90 Å². The van der Waals surface area contributed by atoms with Crippen LogP contribution in [0.3, 0.4) is 0 Å². The highest BCUT2D eigenvalue weighted by atomic mass is 35.5. The van der Waals surface area contributed by atoms with E-state index in [1.807, 2.05) is 65.0 Å². The molecule has 68 heavy (non-hydrogen) atoms. The van der Waals surface area contributed by atoms with Gasteiger partial charge in [0.05, 0.1) is 39.4 Å². The first-order chi connectivity index (χ1) is 32.0. The van der Waals surface area contributed by atoms with Crippen LogP contribution in [0.2, 0.25) is 5.02 Å². The highest BCUT2D eigenvalue weighted by Crippen LogP contribution is 2.55. The molecule has 1 saturated carbocycles. The zero-order valence-corrected chi connectivity index (χ0v) is 41.1. The van der Waals surface area contributed by atoms with Crippen molar-refractivity contribution in [1.29, 1.82) is 5.26 Å². The van der Waals surface area contributed by atoms with E-state index in [9.17, 15) is 39.8 Å². The standard InChI is InChI=1S/C50H61ClN6O10S/c1-28-41(68-27-54-28)30-11-9-29(10-12-30)22-53-44(63)37-19-33(58)23-57(37)45(64)42(48(2,3)4)55-40(61)26-65-24-38(59)39(60)25-66-34-16-13-31(14-17-34)43(62)56-46-49(5,6)47(50(46,7)8)67-35-18-15-32(21-52)36(51)20-35/h9-18,20,27,33,37-39,42,46-47,58-60H,19,22-26H2,1-8H3,(H,53,63)(H,55,61)(H,56,62)/t33-,37+,38-,39?,42-,46-,47-/m1/s1. The number of aryl methyl sites for hydroxylation is 1. The lowest BCUT2D eigenvalue weighted by Crippen LogP contribution is -2.74. The molecule has 5 atom stereocenters. The Bertz CT molecular complexity index is 2470. The lowest BCUT2D eigenvalue weighted by molar-refractivity contribution is -0.164. The van der Waals surface area contributed by atoms with Crippen LogP contribution in [0.5, 0.6) is 11.5 Å². The average molecular weight is 974 g/mol. The number of nitriles is 1. The number of carbonyl (C=O) groups is 4. The third-order valence-electron chi connectivity index (χ3n) is 12.6. The number of aliphatic hydroxyl groups is 3. The van der Waals surface area contributed by atoms with Crippen molar-refractivity contribution < 1.29 is 48.7 Å². The van der Waals surface area contributed by atoms with Gasteiger partial charge in [-0.25, -0.2) is 4.98 Å². The fourth-order valence-corrected chi connectivity index (χ4v) is 10.2. The molecule has 1 saturated heterocycles. The number of hydrogen-bond donors (Lipinski definition) is 6. The van der Waals surface area contributed by atoms with Crippen molar-refractivity contribution in [3.63, 3.8) is 0 Å². The topological polar surface area (TPSA) is 233 Å². The molecule has 0 spiro atoms. The van der Waals surface area contributed by atoms with Crippen LogP contribution in [0.4, 0.5) is 0 Å². The molecule has 364 valence electrons. The quantitative estimate of drug-likeness (QED) is 0.0758. The highest BCUT2D eigenvalue weighted by molar-refractivity contribution is 7.13. The van der Waals surface area contributed by atoms with Crippen LogP contribution in [-0.2, 0) is 25.7 Å². The van der Waals surface area contributed by atoms with E-state index in [0.717, 1.165) is 21.7 Å². The normalized spacial score (nSPS) is 20.8. The molecule has 3 aromatic carbocycles. The number of thiazole rings is 1. The molecule has 1 aromatic heterocycles. The largest absolute Gasteiger partial charge is 0.491 e. The fraction of sp³-hybridized carbons (Fsp3) is 0.480. The summed E-state index contributed by atoms with van der Waals surface area (Å²) in [6, 6.07) is 18.7. The lowest BCUT2D eigenvalue weighted by atomic mass is 9.49. The van der Waals surface area contributed by atoms with Crippen molar-refractivity contribution in [2.45, 2.75) is 111 Å². The van der Waals surface area contributed by atoms with Crippen LogP contribution in [0.15, 0.2) is 72.2 Å². The number of aliphatic hydroxyl groups excluding tert-OH is 3. The van der Waals surface area contributed by atoms with Gasteiger partial charge in [0.1, 0.15) is 61.2 Å². The number of ether oxygens (including phenoxy) is 3. The molecule has 2 heterocycles. The van der Waals surface area contributed by atoms with Crippen LogP contribution in [-0.4, -0.2) is 118 Å². The SMILES string of the molecule is Cc1ncsc1-c1ccc(CNC(=O)[C@@H]2C[C@@H](O)CN2C(=O)[C@@H](NC(=O)COC[C@@H](O)C(O)COc2ccc(C(=O)N[C@H]3C(C)(C)[C@H](Oc4ccc(C#N)c(Cl)c4)C3(C)C)cc2)C(C)(C)C)cc1. The molecule has 1 unspecified atom stereocenters. The number of rotatable bonds is 18. The molecule has 6 N–H and O–H groups in total. The second kappa shape index (κ2) is 21.4. The minimum Gasteiger partial charge on any atom is -0.491 e. The summed E-state index contributed by atoms with van der Waals surface area (Å²) in [5.41, 5.74) is 3.64. The molecule has 0 bridgehead atoms. The minimum atomic E-state index is -1.44. The summed E-state index contributed by atoms with van der Waals surface area (Å²) in [5, 5.41) is 50.0. The van der Waals surface area contributed by atoms with Gasteiger partial charge in [0.2, 0.25) is 17.7 Å². The van der Waals surface area contributed by atoms with Crippen molar-refractivity contribution in [3.8, 4) is 28.0 Å². The second-order valence-electron chi connectivity index (χ2n) is 19.7. The Morgan fingerprint density at radius 2 is 1.62 bits per heavy atom. The molecule has 0 radical (unpaired) electrons. The van der Waals surface area contributed by atoms with Crippen LogP contribution in [0.25, 0.3) is 10.4 Å². The Kier molecular flexibility index (Phi) is 16.3. The number of amides is 4. The van der Waals surface area contributed by atoms with Gasteiger partial charge in [-0.3, -0.25) is 19.2 Å². The summed E-state index contributed by atoms with van der Waals surface area (Å²) in [6.45, 7) is 14.1. The van der Waals surface area contributed by atoms with Crippen LogP contribution < -0.4 is 25.4 Å². The second-order valence-corrected chi connectivity index (χ2v) is 21.0. The van der Waals surface area contributed by atoms with Crippen molar-refractivity contribution in [1.82, 2.24) is 25.8 Å². The first-order valence-electron chi connectivity index (χ1n) is 22.4. The summed E-state index contributed by atoms with van der Waals surface area (Å²) < 4.78 is 17.4. The van der Waals surface area contributed by atoms with Crippen molar-refractivity contribution in [3.05, 3.63) is 99.6 Å². The molecule has 1 aliphatic carbocycles. The van der Waals surface area contributed by atoms with Gasteiger partial charge in [-0.2, -0.15) is 5.26 Å². The predicted octanol–water partition coefficient (Wildman–Crippen LogP) is 5.18. The number of aromatic nitrogens is 1. The first kappa shape index (κ1) is 51.8. The Hall–Kier alpha value is -5.61. The van der Waals surface area contributed by atoms with Gasteiger partial charge in [-0.05, 0) is 59.9 Å². The molecular formula is C50H61ClN6O10S. The predicted molar refractivity (Wildman–Crippen MR) is 256 cm³/mol. The molecule has 1 aliphatic heterocycles. The van der Waals surface area contributed by atoms with E-state index < -0.39 is 77.6 Å². The van der Waals surface area contributed by atoms with Crippen molar-refractivity contribution in [2.75, 3.05) is 26.4 Å². The summed E-state index contributed by atoms with van der Waals surface area (Å²) in [4.78, 5) is 60.6. The Morgan fingerprint density at radius 1 is 0.971 bits per heavy atom. The van der Waals surface area contributed by atoms with Gasteiger partial charge in [-0.1, -0.05) is 84.3 Å². The Labute approximate surface area is 406 Å². The molecular weight excluding hydrogens is 912 g/mol. The highest BCUT2D eigenvalue weighted by Gasteiger charge is 2.64. The average Bonchev–Trinajstić information content (AvgIpc) is 3.91. The number of benzene rings is 3. The van der Waals surface area contributed by atoms with Gasteiger partial charge in [0.15, 0.2) is 0 Å². The maximum atomic E-state index is 14.0. The molecule has 18 heteroatoms. The zero-order chi connectivity index (χ0) is 49.7. The number of β-amino-alcohol motifs (C(OH)–C–C–N with tert-alkyl or cyclic N) is 1. The summed E-state index contributed by atoms with van der Waals surface area (Å²) in [7, 11) is 0. The summed E-state index contributed by atoms with van der Waals surface area (Å²) >= 11 is 7.77. The number of nitrogens with one attached hydrogen (secondary N) is 3. The van der Waals surface area contributed by atoms with Crippen LogP contribution in [0, 0.1) is 34.5 Å². The fourth-order valence-electron chi connectivity index (χ4n) is 9.17. The molecule has 6 rings (SSSR count). The van der Waals surface area contributed by atoms with Gasteiger partial charge in [0.25, 0.3) is 5.91 Å². The smallest absolute Gasteiger partial charge is 0.251 e. The van der Waals surface area contributed by atoms with Crippen LogP contribution >= 0.6 is 22.9 Å². The van der Waals surface area contributed by atoms with E-state index in [2.05, 4.69) is 20.9 Å². The lowest BCUT2D eigenvalue weighted by Gasteiger charge is -2.63. The number of halogens is 1. The van der Waals surface area contributed by atoms with E-state index in [1.54, 1.807) is 80.1 Å². The van der Waals surface area contributed by atoms with E-state index in [4.69, 9.17) is 25.8 Å². The van der Waals surface area contributed by atoms with Crippen molar-refractivity contribution >= 4 is 46.6 Å². The summed E-state index contributed by atoms with van der Waals surface area (Å²) in [5.74, 6) is -1.05. The third kappa shape index (κ3) is 12.0. The maximum absolute atomic E-state index is 14.0. The molecule has 4 amide bonds. The van der Waals surface area contributed by atoms with E-state index in [0.29, 0.717) is 27.6 Å². The molecule has 2 fully saturated rings. The number of carbonyl (C=O) groups excluding carboxylic acids is 4. The zero-order valence-electron chi connectivity index (χ0n) is 39.5. The molecule has 4 aromatic rings. The Balaban J connectivity index is 0.930. The van der Waals surface area contributed by atoms with E-state index >= 15 is 0 Å². The molecule has 16 nitrogen and oxygen atoms in total. The van der Waals surface area contributed by atoms with Gasteiger partial charge in [0, 0.05) is 48.0 Å². The third-order valence-corrected chi connectivity index (χ3v) is 13.9. The van der Waals surface area contributed by atoms with Gasteiger partial charge >= 0.3 is 0 Å². The first-order valence-corrected chi connectivity index (χ1v) is 23.7. The maximum Gasteiger partial charge on any atom is 0.251 e. The van der Waals surface area contributed by atoms with E-state index in [-0.39, 0.29) is 44.2 Å². The summed E-state index contributed by atoms with van der Waals surface area (Å²) in [6.07, 6.45) is -4.00. The van der Waals surface area contributed by atoms with Crippen LogP contribution in [0.1, 0.15) is 82.1 Å². The minimum absolute atomic E-state index is 0.0391. The number of hydrogen-bond acceptors (Lipinski definition) is 13. The Morgan fingerprint density at radius 3 is 2.22 bits per heavy atom. The van der Waals surface area contributed by atoms with Gasteiger partial charge in [-0.15, -0.1) is 11.3 Å². The molecule has 2 aliphatic rings. The van der Waals surface area contributed by atoms with Crippen molar-refractivity contribution in [2.24, 2.45) is 16.2 Å².